The molecular formula is C31H37NO9. The number of rotatable bonds is 8. The van der Waals surface area contributed by atoms with Crippen LogP contribution in [0, 0.1) is 0 Å². The third-order valence-electron chi connectivity index (χ3n) is 8.05. The highest BCUT2D eigenvalue weighted by atomic mass is 16.7. The van der Waals surface area contributed by atoms with Crippen LogP contribution in [0.15, 0.2) is 54.1 Å². The van der Waals surface area contributed by atoms with Crippen LogP contribution in [0.2, 0.25) is 0 Å². The smallest absolute Gasteiger partial charge is 0.330 e. The molecule has 4 N–H and O–H groups in total. The monoisotopic (exact) mass is 567 g/mol. The number of benzene rings is 2. The molecule has 2 aromatic rings. The molecule has 0 saturated carbocycles. The van der Waals surface area contributed by atoms with Crippen LogP contribution in [-0.4, -0.2) is 94.8 Å². The van der Waals surface area contributed by atoms with Gasteiger partial charge in [-0.25, -0.2) is 4.79 Å². The maximum atomic E-state index is 12.3. The van der Waals surface area contributed by atoms with Gasteiger partial charge in [0.25, 0.3) is 0 Å². The van der Waals surface area contributed by atoms with E-state index in [1.54, 1.807) is 24.3 Å². The summed E-state index contributed by atoms with van der Waals surface area (Å²) in [5.74, 6) is -0.0542. The molecule has 5 rings (SSSR count). The number of aliphatic hydroxyl groups excluding tert-OH is 3. The minimum absolute atomic E-state index is 0.0268. The molecule has 220 valence electrons. The normalized spacial score (nSPS) is 28.5. The summed E-state index contributed by atoms with van der Waals surface area (Å²) < 4.78 is 21.8. The average molecular weight is 568 g/mol. The van der Waals surface area contributed by atoms with E-state index >= 15 is 0 Å². The van der Waals surface area contributed by atoms with Crippen molar-refractivity contribution in [2.24, 2.45) is 0 Å². The number of fused-ring (bicyclic) bond motifs is 1. The molecule has 0 spiro atoms. The van der Waals surface area contributed by atoms with Crippen LogP contribution in [0.3, 0.4) is 0 Å². The molecule has 6 unspecified atom stereocenters. The molecule has 3 aliphatic rings. The van der Waals surface area contributed by atoms with Crippen LogP contribution in [-0.2, 0) is 14.3 Å². The van der Waals surface area contributed by atoms with Crippen molar-refractivity contribution in [2.75, 3.05) is 26.8 Å². The van der Waals surface area contributed by atoms with E-state index in [0.29, 0.717) is 17.4 Å². The number of esters is 1. The van der Waals surface area contributed by atoms with Crippen LogP contribution in [0.4, 0.5) is 0 Å². The van der Waals surface area contributed by atoms with Crippen LogP contribution < -0.4 is 9.47 Å². The minimum Gasteiger partial charge on any atom is -0.504 e. The average Bonchev–Trinajstić information content (AvgIpc) is 3.43. The summed E-state index contributed by atoms with van der Waals surface area (Å²) in [4.78, 5) is 14.8. The van der Waals surface area contributed by atoms with Gasteiger partial charge in [0.1, 0.15) is 36.8 Å². The fourth-order valence-corrected chi connectivity index (χ4v) is 5.68. The lowest BCUT2D eigenvalue weighted by Gasteiger charge is -2.39. The molecule has 2 aromatic carbocycles. The standard InChI is InChI=1S/C31H37NO9/c1-18-14-21-4-3-13-32(21)16-23(18)20-7-9-22(10-8-20)40-31-30(37)29(36)28(35)26(41-31)17-39-27(34)12-6-19-5-11-24(33)25(15-19)38-2/h5-12,15,21,26,28-31,33,35-37H,3-4,13-14,16-17H2,1-2H3. The van der Waals surface area contributed by atoms with Gasteiger partial charge in [0.2, 0.25) is 6.29 Å². The van der Waals surface area contributed by atoms with Crippen molar-refractivity contribution in [3.05, 3.63) is 65.2 Å². The first-order chi connectivity index (χ1) is 19.7. The molecule has 3 aliphatic heterocycles. The molecule has 10 nitrogen and oxygen atoms in total. The van der Waals surface area contributed by atoms with Crippen molar-refractivity contribution in [1.82, 2.24) is 4.90 Å². The molecule has 2 fully saturated rings. The van der Waals surface area contributed by atoms with Crippen LogP contribution >= 0.6 is 0 Å². The third-order valence-corrected chi connectivity index (χ3v) is 8.05. The van der Waals surface area contributed by atoms with Crippen molar-refractivity contribution >= 4 is 17.6 Å². The number of phenolic OH excluding ortho intramolecular Hbond substituents is 1. The summed E-state index contributed by atoms with van der Waals surface area (Å²) in [6.45, 7) is 3.89. The lowest BCUT2D eigenvalue weighted by molar-refractivity contribution is -0.278. The molecule has 10 heteroatoms. The first kappa shape index (κ1) is 29.1. The van der Waals surface area contributed by atoms with Gasteiger partial charge in [-0.1, -0.05) is 23.8 Å². The van der Waals surface area contributed by atoms with E-state index in [1.165, 1.54) is 49.3 Å². The van der Waals surface area contributed by atoms with E-state index in [-0.39, 0.29) is 18.1 Å². The van der Waals surface area contributed by atoms with Crippen molar-refractivity contribution in [1.29, 1.82) is 0 Å². The molecule has 0 bridgehead atoms. The lowest BCUT2D eigenvalue weighted by Crippen LogP contribution is -2.60. The molecule has 41 heavy (non-hydrogen) atoms. The first-order valence-electron chi connectivity index (χ1n) is 13.8. The summed E-state index contributed by atoms with van der Waals surface area (Å²) >= 11 is 0. The first-order valence-corrected chi connectivity index (χ1v) is 13.8. The maximum Gasteiger partial charge on any atom is 0.330 e. The Morgan fingerprint density at radius 1 is 1.10 bits per heavy atom. The lowest BCUT2D eigenvalue weighted by atomic mass is 9.91. The number of aromatic hydroxyl groups is 1. The van der Waals surface area contributed by atoms with Crippen LogP contribution in [0.25, 0.3) is 11.6 Å². The highest BCUT2D eigenvalue weighted by molar-refractivity contribution is 5.87. The maximum absolute atomic E-state index is 12.3. The zero-order chi connectivity index (χ0) is 29.1. The van der Waals surface area contributed by atoms with E-state index in [4.69, 9.17) is 18.9 Å². The summed E-state index contributed by atoms with van der Waals surface area (Å²) in [7, 11) is 1.42. The van der Waals surface area contributed by atoms with E-state index in [0.717, 1.165) is 25.1 Å². The summed E-state index contributed by atoms with van der Waals surface area (Å²) in [6.07, 6.45) is -0.764. The molecule has 6 atom stereocenters. The molecule has 0 radical (unpaired) electrons. The molecular weight excluding hydrogens is 530 g/mol. The molecule has 3 heterocycles. The SMILES string of the molecule is COc1cc(C=CC(=O)OCC2OC(Oc3ccc(C4=C(C)CC5CCCN5C4)cc3)C(O)C(O)C2O)ccc1O. The van der Waals surface area contributed by atoms with Gasteiger partial charge in [-0.15, -0.1) is 0 Å². The van der Waals surface area contributed by atoms with Gasteiger partial charge in [-0.3, -0.25) is 4.90 Å². The molecule has 0 aliphatic carbocycles. The molecule has 0 amide bonds. The summed E-state index contributed by atoms with van der Waals surface area (Å²) in [5, 5.41) is 41.0. The van der Waals surface area contributed by atoms with Crippen LogP contribution in [0.1, 0.15) is 37.3 Å². The van der Waals surface area contributed by atoms with E-state index in [9.17, 15) is 25.2 Å². The zero-order valence-electron chi connectivity index (χ0n) is 23.2. The number of carbonyl (C=O) groups is 1. The Kier molecular flexibility index (Phi) is 8.96. The number of ether oxygens (including phenoxy) is 4. The van der Waals surface area contributed by atoms with Gasteiger partial charge in [0.05, 0.1) is 7.11 Å². The zero-order valence-corrected chi connectivity index (χ0v) is 23.2. The Hall–Kier alpha value is -3.41. The summed E-state index contributed by atoms with van der Waals surface area (Å²) in [6, 6.07) is 12.8. The molecule has 2 saturated heterocycles. The van der Waals surface area contributed by atoms with E-state index in [2.05, 4.69) is 11.8 Å². The number of nitrogens with zero attached hydrogens (tertiary/aromatic N) is 1. The van der Waals surface area contributed by atoms with Gasteiger partial charge in [0.15, 0.2) is 11.5 Å². The van der Waals surface area contributed by atoms with Gasteiger partial charge in [-0.05, 0) is 79.8 Å². The van der Waals surface area contributed by atoms with Gasteiger partial charge >= 0.3 is 5.97 Å². The highest BCUT2D eigenvalue weighted by Gasteiger charge is 2.45. The Morgan fingerprint density at radius 2 is 1.88 bits per heavy atom. The highest BCUT2D eigenvalue weighted by Crippen LogP contribution is 2.35. The van der Waals surface area contributed by atoms with Crippen molar-refractivity contribution < 1.29 is 44.2 Å². The topological polar surface area (TPSA) is 138 Å². The van der Waals surface area contributed by atoms with E-state index in [1.807, 2.05) is 12.1 Å². The Morgan fingerprint density at radius 3 is 2.63 bits per heavy atom. The summed E-state index contributed by atoms with van der Waals surface area (Å²) in [5.41, 5.74) is 4.44. The number of hydrogen-bond donors (Lipinski definition) is 4. The fourth-order valence-electron chi connectivity index (χ4n) is 5.68. The minimum atomic E-state index is -1.57. The number of aliphatic hydroxyl groups is 3. The number of phenols is 1. The Balaban J connectivity index is 1.18. The van der Waals surface area contributed by atoms with Crippen molar-refractivity contribution in [2.45, 2.75) is 62.9 Å². The van der Waals surface area contributed by atoms with E-state index < -0.39 is 36.7 Å². The van der Waals surface area contributed by atoms with Crippen molar-refractivity contribution in [3.8, 4) is 17.2 Å². The quantitative estimate of drug-likeness (QED) is 0.278. The second kappa shape index (κ2) is 12.6. The fraction of sp³-hybridized carbons (Fsp3) is 0.452. The van der Waals surface area contributed by atoms with Gasteiger partial charge in [0, 0.05) is 18.7 Å². The van der Waals surface area contributed by atoms with Gasteiger partial charge in [-0.2, -0.15) is 0 Å². The number of methoxy groups -OCH3 is 1. The predicted molar refractivity (Wildman–Crippen MR) is 150 cm³/mol. The largest absolute Gasteiger partial charge is 0.504 e. The second-order valence-corrected chi connectivity index (χ2v) is 10.8. The van der Waals surface area contributed by atoms with Crippen LogP contribution in [0.5, 0.6) is 17.2 Å². The number of carbonyl (C=O) groups excluding carboxylic acids is 1. The number of hydrogen-bond acceptors (Lipinski definition) is 10. The third kappa shape index (κ3) is 6.58. The second-order valence-electron chi connectivity index (χ2n) is 10.8. The van der Waals surface area contributed by atoms with Gasteiger partial charge < -0.3 is 39.4 Å². The van der Waals surface area contributed by atoms with Crippen molar-refractivity contribution in [3.63, 3.8) is 0 Å². The predicted octanol–water partition coefficient (Wildman–Crippen LogP) is 2.49. The Bertz CT molecular complexity index is 1290. The molecule has 0 aromatic heterocycles. The Labute approximate surface area is 239 Å².